The number of rotatable bonds is 9. The monoisotopic (exact) mass is 383 g/mol. The van der Waals surface area contributed by atoms with E-state index in [4.69, 9.17) is 4.74 Å². The molecule has 2 aromatic rings. The zero-order valence-electron chi connectivity index (χ0n) is 16.9. The van der Waals surface area contributed by atoms with E-state index in [0.29, 0.717) is 18.0 Å². The zero-order valence-corrected chi connectivity index (χ0v) is 16.9. The van der Waals surface area contributed by atoms with Crippen molar-refractivity contribution in [2.24, 2.45) is 5.92 Å². The minimum atomic E-state index is -0.156. The van der Waals surface area contributed by atoms with Gasteiger partial charge in [0.05, 0.1) is 12.6 Å². The number of hydrogen-bond acceptors (Lipinski definition) is 4. The Bertz CT molecular complexity index is 786. The first kappa shape index (κ1) is 21.3. The fraction of sp³-hybridized carbons (Fsp3) is 0.364. The van der Waals surface area contributed by atoms with Crippen LogP contribution in [0.1, 0.15) is 34.1 Å². The predicted octanol–water partition coefficient (Wildman–Crippen LogP) is 4.51. The minimum Gasteiger partial charge on any atom is -0.491 e. The van der Waals surface area contributed by atoms with E-state index >= 15 is 0 Å². The van der Waals surface area contributed by atoms with Gasteiger partial charge >= 0.3 is 0 Å². The molecule has 6 heteroatoms. The average Bonchev–Trinajstić information content (AvgIpc) is 2.60. The molecule has 0 radical (unpaired) electrons. The Morgan fingerprint density at radius 3 is 2.14 bits per heavy atom. The Balaban J connectivity index is 1.82. The quantitative estimate of drug-likeness (QED) is 0.595. The maximum Gasteiger partial charge on any atom is 0.243 e. The van der Waals surface area contributed by atoms with Crippen LogP contribution < -0.4 is 20.7 Å². The van der Waals surface area contributed by atoms with Gasteiger partial charge in [0, 0.05) is 29.5 Å². The van der Waals surface area contributed by atoms with Gasteiger partial charge in [-0.3, -0.25) is 9.59 Å². The molecule has 0 atom stereocenters. The fourth-order valence-corrected chi connectivity index (χ4v) is 2.56. The van der Waals surface area contributed by atoms with Crippen LogP contribution in [0.15, 0.2) is 48.5 Å². The van der Waals surface area contributed by atoms with E-state index in [1.165, 1.54) is 0 Å². The summed E-state index contributed by atoms with van der Waals surface area (Å²) in [6.45, 7) is 8.05. The number of amides is 2. The summed E-state index contributed by atoms with van der Waals surface area (Å²) in [6, 6.07) is 14.6. The van der Waals surface area contributed by atoms with Gasteiger partial charge in [0.15, 0.2) is 0 Å². The number of nitrogens with one attached hydrogen (secondary N) is 3. The van der Waals surface area contributed by atoms with Crippen molar-refractivity contribution >= 4 is 28.9 Å². The second-order valence-electron chi connectivity index (χ2n) is 7.32. The first-order valence-electron chi connectivity index (χ1n) is 9.52. The molecule has 0 saturated carbocycles. The highest BCUT2D eigenvalue weighted by atomic mass is 16.5. The van der Waals surface area contributed by atoms with Gasteiger partial charge in [0.1, 0.15) is 5.75 Å². The van der Waals surface area contributed by atoms with Crippen LogP contribution in [0.25, 0.3) is 0 Å². The van der Waals surface area contributed by atoms with Gasteiger partial charge < -0.3 is 20.7 Å². The Morgan fingerprint density at radius 1 is 0.857 bits per heavy atom. The second kappa shape index (κ2) is 10.3. The van der Waals surface area contributed by atoms with Gasteiger partial charge in [-0.15, -0.1) is 0 Å². The lowest BCUT2D eigenvalue weighted by Crippen LogP contribution is -2.21. The number of carbonyl (C=O) groups excluding carboxylic acids is 2. The van der Waals surface area contributed by atoms with Crippen LogP contribution in [-0.2, 0) is 9.59 Å². The molecule has 28 heavy (non-hydrogen) atoms. The topological polar surface area (TPSA) is 79.5 Å². The van der Waals surface area contributed by atoms with Gasteiger partial charge in [-0.25, -0.2) is 0 Å². The molecular formula is C22H29N3O3. The third-order valence-electron chi connectivity index (χ3n) is 3.70. The van der Waals surface area contributed by atoms with Gasteiger partial charge in [-0.2, -0.15) is 0 Å². The highest BCUT2D eigenvalue weighted by Crippen LogP contribution is 2.19. The smallest absolute Gasteiger partial charge is 0.243 e. The molecule has 0 aliphatic heterocycles. The first-order chi connectivity index (χ1) is 13.3. The summed E-state index contributed by atoms with van der Waals surface area (Å²) < 4.78 is 5.63. The van der Waals surface area contributed by atoms with Crippen molar-refractivity contribution < 1.29 is 14.3 Å². The van der Waals surface area contributed by atoms with Crippen molar-refractivity contribution in [3.8, 4) is 5.75 Å². The van der Waals surface area contributed by atoms with Gasteiger partial charge in [-0.1, -0.05) is 19.9 Å². The maximum absolute atomic E-state index is 12.2. The Labute approximate surface area is 166 Å². The lowest BCUT2D eigenvalue weighted by molar-refractivity contribution is -0.117. The number of carbonyl (C=O) groups is 2. The minimum absolute atomic E-state index is 0.00114. The molecule has 150 valence electrons. The summed E-state index contributed by atoms with van der Waals surface area (Å²) in [5, 5.41) is 8.77. The zero-order chi connectivity index (χ0) is 20.5. The first-order valence-corrected chi connectivity index (χ1v) is 9.52. The summed E-state index contributed by atoms with van der Waals surface area (Å²) in [4.78, 5) is 24.0. The second-order valence-corrected chi connectivity index (χ2v) is 7.32. The molecule has 0 aliphatic rings. The summed E-state index contributed by atoms with van der Waals surface area (Å²) in [6.07, 6.45) is 0.564. The lowest BCUT2D eigenvalue weighted by Gasteiger charge is -2.12. The van der Waals surface area contributed by atoms with Crippen LogP contribution in [0.3, 0.4) is 0 Å². The van der Waals surface area contributed by atoms with Crippen LogP contribution in [0.5, 0.6) is 5.75 Å². The van der Waals surface area contributed by atoms with Crippen LogP contribution in [0, 0.1) is 5.92 Å². The van der Waals surface area contributed by atoms with Crippen LogP contribution in [0.4, 0.5) is 17.1 Å². The largest absolute Gasteiger partial charge is 0.491 e. The number of anilines is 3. The summed E-state index contributed by atoms with van der Waals surface area (Å²) in [5.41, 5.74) is 2.23. The maximum atomic E-state index is 12.2. The molecule has 0 spiro atoms. The van der Waals surface area contributed by atoms with E-state index in [1.54, 1.807) is 6.07 Å². The SMILES string of the molecule is CC(C)CC(=O)Nc1ccc(NCC(=O)Nc2cccc(OC(C)C)c2)cc1. The van der Waals surface area contributed by atoms with E-state index in [-0.39, 0.29) is 24.5 Å². The molecule has 0 bridgehead atoms. The predicted molar refractivity (Wildman–Crippen MR) is 114 cm³/mol. The number of benzene rings is 2. The van der Waals surface area contributed by atoms with Gasteiger partial charge in [-0.05, 0) is 56.2 Å². The van der Waals surface area contributed by atoms with E-state index < -0.39 is 0 Å². The number of hydrogen-bond donors (Lipinski definition) is 3. The van der Waals surface area contributed by atoms with Gasteiger partial charge in [0.2, 0.25) is 11.8 Å². The molecule has 0 fully saturated rings. The normalized spacial score (nSPS) is 10.6. The number of ether oxygens (including phenoxy) is 1. The molecule has 0 aromatic heterocycles. The lowest BCUT2D eigenvalue weighted by atomic mass is 10.1. The molecule has 0 saturated heterocycles. The molecule has 0 heterocycles. The van der Waals surface area contributed by atoms with Crippen molar-refractivity contribution in [1.82, 2.24) is 0 Å². The highest BCUT2D eigenvalue weighted by molar-refractivity contribution is 5.94. The summed E-state index contributed by atoms with van der Waals surface area (Å²) in [7, 11) is 0. The molecule has 3 N–H and O–H groups in total. The van der Waals surface area contributed by atoms with Crippen LogP contribution in [-0.4, -0.2) is 24.5 Å². The van der Waals surface area contributed by atoms with Gasteiger partial charge in [0.25, 0.3) is 0 Å². The molecular weight excluding hydrogens is 354 g/mol. The molecule has 0 aliphatic carbocycles. The average molecular weight is 383 g/mol. The van der Waals surface area contributed by atoms with E-state index in [2.05, 4.69) is 16.0 Å². The van der Waals surface area contributed by atoms with E-state index in [1.807, 2.05) is 70.2 Å². The standard InChI is InChI=1S/C22H29N3O3/c1-15(2)12-21(26)24-18-10-8-17(9-11-18)23-14-22(27)25-19-6-5-7-20(13-19)28-16(3)4/h5-11,13,15-16,23H,12,14H2,1-4H3,(H,24,26)(H,25,27). The fourth-order valence-electron chi connectivity index (χ4n) is 2.56. The van der Waals surface area contributed by atoms with E-state index in [9.17, 15) is 9.59 Å². The highest BCUT2D eigenvalue weighted by Gasteiger charge is 2.07. The molecule has 0 unspecified atom stereocenters. The molecule has 2 aromatic carbocycles. The van der Waals surface area contributed by atoms with Crippen molar-refractivity contribution in [3.63, 3.8) is 0 Å². The van der Waals surface area contributed by atoms with Crippen LogP contribution >= 0.6 is 0 Å². The van der Waals surface area contributed by atoms with E-state index in [0.717, 1.165) is 17.1 Å². The van der Waals surface area contributed by atoms with Crippen LogP contribution in [0.2, 0.25) is 0 Å². The Hall–Kier alpha value is -3.02. The Kier molecular flexibility index (Phi) is 7.87. The van der Waals surface area contributed by atoms with Crippen molar-refractivity contribution in [2.75, 3.05) is 22.5 Å². The van der Waals surface area contributed by atoms with Crippen molar-refractivity contribution in [2.45, 2.75) is 40.2 Å². The third kappa shape index (κ3) is 7.70. The van der Waals surface area contributed by atoms with Crippen molar-refractivity contribution in [3.05, 3.63) is 48.5 Å². The molecule has 2 rings (SSSR count). The molecule has 2 amide bonds. The molecule has 6 nitrogen and oxygen atoms in total. The summed E-state index contributed by atoms with van der Waals surface area (Å²) in [5.74, 6) is 0.878. The third-order valence-corrected chi connectivity index (χ3v) is 3.70. The van der Waals surface area contributed by atoms with Crippen molar-refractivity contribution in [1.29, 1.82) is 0 Å². The summed E-state index contributed by atoms with van der Waals surface area (Å²) >= 11 is 0. The Morgan fingerprint density at radius 2 is 1.50 bits per heavy atom.